The van der Waals surface area contributed by atoms with Gasteiger partial charge in [-0.15, -0.1) is 10.2 Å². The molecule has 170 valence electrons. The van der Waals surface area contributed by atoms with Gasteiger partial charge in [0.2, 0.25) is 5.91 Å². The second-order valence-electron chi connectivity index (χ2n) is 7.57. The van der Waals surface area contributed by atoms with Crippen molar-refractivity contribution < 1.29 is 9.53 Å². The normalized spacial score (nSPS) is 11.0. The molecule has 3 aromatic heterocycles. The maximum absolute atomic E-state index is 13.1. The van der Waals surface area contributed by atoms with Gasteiger partial charge < -0.3 is 14.6 Å². The van der Waals surface area contributed by atoms with Crippen LogP contribution in [0.4, 0.5) is 5.69 Å². The molecule has 3 heterocycles. The van der Waals surface area contributed by atoms with Crippen molar-refractivity contribution in [1.82, 2.24) is 24.1 Å². The number of carbonyl (C=O) groups is 1. The molecule has 1 amide bonds. The molecule has 4 rings (SSSR count). The molecule has 0 aliphatic carbocycles. The molecular formula is C23H24N6O3S. The van der Waals surface area contributed by atoms with Crippen molar-refractivity contribution >= 4 is 29.0 Å². The van der Waals surface area contributed by atoms with Gasteiger partial charge in [-0.1, -0.05) is 23.9 Å². The summed E-state index contributed by atoms with van der Waals surface area (Å²) >= 11 is 1.28. The van der Waals surface area contributed by atoms with E-state index >= 15 is 0 Å². The van der Waals surface area contributed by atoms with Crippen LogP contribution >= 0.6 is 11.8 Å². The van der Waals surface area contributed by atoms with Crippen LogP contribution in [0.5, 0.6) is 5.75 Å². The molecule has 1 N–H and O–H groups in total. The van der Waals surface area contributed by atoms with Gasteiger partial charge >= 0.3 is 0 Å². The van der Waals surface area contributed by atoms with Crippen molar-refractivity contribution in [2.45, 2.75) is 25.4 Å². The molecule has 10 heteroatoms. The van der Waals surface area contributed by atoms with Crippen LogP contribution in [0.15, 0.2) is 52.5 Å². The summed E-state index contributed by atoms with van der Waals surface area (Å²) in [6, 6.07) is 10.9. The molecule has 0 saturated heterocycles. The van der Waals surface area contributed by atoms with Crippen LogP contribution in [0.25, 0.3) is 5.65 Å². The molecule has 0 fully saturated rings. The van der Waals surface area contributed by atoms with Crippen molar-refractivity contribution in [3.05, 3.63) is 75.6 Å². The molecule has 0 bridgehead atoms. The minimum Gasteiger partial charge on any atom is -0.497 e. The van der Waals surface area contributed by atoms with E-state index in [-0.39, 0.29) is 17.2 Å². The Morgan fingerprint density at radius 1 is 1.18 bits per heavy atom. The van der Waals surface area contributed by atoms with E-state index in [0.717, 1.165) is 5.56 Å². The van der Waals surface area contributed by atoms with Gasteiger partial charge in [0.15, 0.2) is 5.16 Å². The summed E-state index contributed by atoms with van der Waals surface area (Å²) in [5.74, 6) is 1.30. The average molecular weight is 465 g/mol. The Bertz CT molecular complexity index is 1390. The lowest BCUT2D eigenvalue weighted by Crippen LogP contribution is -2.23. The third-order valence-corrected chi connectivity index (χ3v) is 6.32. The number of ether oxygens (including phenoxy) is 1. The molecule has 0 saturated carbocycles. The zero-order valence-corrected chi connectivity index (χ0v) is 19.6. The maximum atomic E-state index is 13.1. The van der Waals surface area contributed by atoms with E-state index < -0.39 is 0 Å². The van der Waals surface area contributed by atoms with E-state index in [1.54, 1.807) is 34.4 Å². The largest absolute Gasteiger partial charge is 0.497 e. The minimum atomic E-state index is -0.166. The molecule has 0 atom stereocenters. The fourth-order valence-electron chi connectivity index (χ4n) is 3.46. The van der Waals surface area contributed by atoms with E-state index in [4.69, 9.17) is 4.74 Å². The number of aromatic nitrogens is 5. The number of benzene rings is 1. The first-order valence-corrected chi connectivity index (χ1v) is 11.3. The molecule has 0 aliphatic rings. The van der Waals surface area contributed by atoms with Gasteiger partial charge in [0.25, 0.3) is 5.56 Å². The van der Waals surface area contributed by atoms with Crippen LogP contribution < -0.4 is 15.6 Å². The van der Waals surface area contributed by atoms with Crippen molar-refractivity contribution in [2.24, 2.45) is 7.05 Å². The lowest BCUT2D eigenvalue weighted by Gasteiger charge is -2.09. The molecule has 4 aromatic rings. The SMILES string of the molecule is COc1cccc(NC(=O)CSc2nnc(Cc3c(C)nc4c(C)cccn4c3=O)n2C)c1. The highest BCUT2D eigenvalue weighted by Gasteiger charge is 2.17. The van der Waals surface area contributed by atoms with E-state index in [0.29, 0.717) is 45.7 Å². The van der Waals surface area contributed by atoms with Crippen LogP contribution in [0.1, 0.15) is 22.6 Å². The number of pyridine rings is 1. The average Bonchev–Trinajstić information content (AvgIpc) is 3.15. The summed E-state index contributed by atoms with van der Waals surface area (Å²) in [5.41, 5.74) is 3.38. The number of nitrogens with one attached hydrogen (secondary N) is 1. The van der Waals surface area contributed by atoms with Crippen molar-refractivity contribution in [1.29, 1.82) is 0 Å². The van der Waals surface area contributed by atoms with Crippen LogP contribution in [0, 0.1) is 13.8 Å². The Hall–Kier alpha value is -3.66. The van der Waals surface area contributed by atoms with Gasteiger partial charge in [0, 0.05) is 42.7 Å². The summed E-state index contributed by atoms with van der Waals surface area (Å²) in [4.78, 5) is 30.0. The second kappa shape index (κ2) is 9.45. The lowest BCUT2D eigenvalue weighted by atomic mass is 10.1. The monoisotopic (exact) mass is 464 g/mol. The first-order valence-electron chi connectivity index (χ1n) is 10.3. The molecule has 0 spiro atoms. The number of thioether (sulfide) groups is 1. The first-order chi connectivity index (χ1) is 15.9. The molecule has 33 heavy (non-hydrogen) atoms. The van der Waals surface area contributed by atoms with Crippen LogP contribution in [-0.4, -0.2) is 42.9 Å². The second-order valence-corrected chi connectivity index (χ2v) is 8.51. The highest BCUT2D eigenvalue weighted by Crippen LogP contribution is 2.20. The Labute approximate surface area is 194 Å². The third kappa shape index (κ3) is 4.75. The van der Waals surface area contributed by atoms with Crippen LogP contribution in [0.2, 0.25) is 0 Å². The predicted molar refractivity (Wildman–Crippen MR) is 127 cm³/mol. The number of carbonyl (C=O) groups excluding carboxylic acids is 1. The summed E-state index contributed by atoms with van der Waals surface area (Å²) in [5, 5.41) is 11.9. The number of fused-ring (bicyclic) bond motifs is 1. The number of hydrogen-bond donors (Lipinski definition) is 1. The summed E-state index contributed by atoms with van der Waals surface area (Å²) in [6.45, 7) is 3.76. The van der Waals surface area contributed by atoms with Crippen molar-refractivity contribution in [3.8, 4) is 5.75 Å². The van der Waals surface area contributed by atoms with Crippen LogP contribution in [-0.2, 0) is 18.3 Å². The fourth-order valence-corrected chi connectivity index (χ4v) is 4.19. The molecule has 0 aliphatic heterocycles. The number of aryl methyl sites for hydroxylation is 2. The zero-order chi connectivity index (χ0) is 23.5. The van der Waals surface area contributed by atoms with Gasteiger partial charge in [-0.05, 0) is 37.6 Å². The summed E-state index contributed by atoms with van der Waals surface area (Å²) in [7, 11) is 3.40. The molecule has 0 radical (unpaired) electrons. The molecule has 9 nitrogen and oxygen atoms in total. The zero-order valence-electron chi connectivity index (χ0n) is 18.8. The Morgan fingerprint density at radius 3 is 2.79 bits per heavy atom. The van der Waals surface area contributed by atoms with Crippen molar-refractivity contribution in [2.75, 3.05) is 18.2 Å². The van der Waals surface area contributed by atoms with Crippen molar-refractivity contribution in [3.63, 3.8) is 0 Å². The lowest BCUT2D eigenvalue weighted by molar-refractivity contribution is -0.113. The van der Waals surface area contributed by atoms with Gasteiger partial charge in [-0.3, -0.25) is 14.0 Å². The smallest absolute Gasteiger partial charge is 0.261 e. The van der Waals surface area contributed by atoms with E-state index in [2.05, 4.69) is 20.5 Å². The number of amides is 1. The van der Waals surface area contributed by atoms with E-state index in [1.165, 1.54) is 11.8 Å². The minimum absolute atomic E-state index is 0.115. The number of anilines is 1. The topological polar surface area (TPSA) is 103 Å². The summed E-state index contributed by atoms with van der Waals surface area (Å²) in [6.07, 6.45) is 2.02. The Morgan fingerprint density at radius 2 is 2.00 bits per heavy atom. The summed E-state index contributed by atoms with van der Waals surface area (Å²) < 4.78 is 8.53. The first kappa shape index (κ1) is 22.5. The molecule has 0 unspecified atom stereocenters. The fraction of sp³-hybridized carbons (Fsp3) is 0.261. The standard InChI is InChI=1S/C23H24N6O3S/c1-14-7-6-10-29-21(14)24-15(2)18(22(29)31)12-19-26-27-23(28(19)3)33-13-20(30)25-16-8-5-9-17(11-16)32-4/h5-11H,12-13H2,1-4H3,(H,25,30). The number of hydrogen-bond acceptors (Lipinski definition) is 7. The Kier molecular flexibility index (Phi) is 6.45. The number of nitrogens with zero attached hydrogens (tertiary/aromatic N) is 5. The Balaban J connectivity index is 1.47. The van der Waals surface area contributed by atoms with Gasteiger partial charge in [-0.2, -0.15) is 0 Å². The third-order valence-electron chi connectivity index (χ3n) is 5.30. The van der Waals surface area contributed by atoms with E-state index in [9.17, 15) is 9.59 Å². The molecule has 1 aromatic carbocycles. The predicted octanol–water partition coefficient (Wildman–Crippen LogP) is 2.77. The maximum Gasteiger partial charge on any atom is 0.261 e. The number of rotatable bonds is 7. The highest BCUT2D eigenvalue weighted by atomic mass is 32.2. The highest BCUT2D eigenvalue weighted by molar-refractivity contribution is 7.99. The molecular weight excluding hydrogens is 440 g/mol. The van der Waals surface area contributed by atoms with Gasteiger partial charge in [0.05, 0.1) is 12.9 Å². The number of methoxy groups -OCH3 is 1. The van der Waals surface area contributed by atoms with Gasteiger partial charge in [0.1, 0.15) is 17.2 Å². The quantitative estimate of drug-likeness (QED) is 0.420. The van der Waals surface area contributed by atoms with Crippen LogP contribution in [0.3, 0.4) is 0 Å². The van der Waals surface area contributed by atoms with E-state index in [1.807, 2.05) is 45.2 Å². The van der Waals surface area contributed by atoms with Gasteiger partial charge in [-0.25, -0.2) is 4.98 Å².